The third-order valence-corrected chi connectivity index (χ3v) is 4.95. The standard InChI is InChI=1S/C22H19N3O/c26-21(25-24-16-17-11-13-23-14-12-17)20-15-22(20,18-7-3-1-4-8-18)19-9-5-2-6-10-19/h1-14,16,20H,15H2,(H,25,26)/b24-16-/t20-/m0/s1. The van der Waals surface area contributed by atoms with Gasteiger partial charge in [-0.1, -0.05) is 60.7 Å². The Morgan fingerprint density at radius 3 is 2.12 bits per heavy atom. The fourth-order valence-electron chi connectivity index (χ4n) is 3.55. The van der Waals surface area contributed by atoms with Crippen molar-refractivity contribution in [1.29, 1.82) is 0 Å². The van der Waals surface area contributed by atoms with E-state index >= 15 is 0 Å². The van der Waals surface area contributed by atoms with Gasteiger partial charge in [-0.05, 0) is 35.2 Å². The van der Waals surface area contributed by atoms with E-state index in [-0.39, 0.29) is 17.2 Å². The van der Waals surface area contributed by atoms with E-state index in [9.17, 15) is 4.79 Å². The van der Waals surface area contributed by atoms with Gasteiger partial charge in [0, 0.05) is 17.8 Å². The van der Waals surface area contributed by atoms with E-state index in [4.69, 9.17) is 0 Å². The number of carbonyl (C=O) groups is 1. The van der Waals surface area contributed by atoms with Crippen LogP contribution in [0.3, 0.4) is 0 Å². The average molecular weight is 341 g/mol. The lowest BCUT2D eigenvalue weighted by Crippen LogP contribution is -2.25. The van der Waals surface area contributed by atoms with Gasteiger partial charge in [0.05, 0.1) is 12.1 Å². The van der Waals surface area contributed by atoms with E-state index in [1.807, 2.05) is 48.5 Å². The van der Waals surface area contributed by atoms with Crippen molar-refractivity contribution in [2.45, 2.75) is 11.8 Å². The Labute approximate surface area is 152 Å². The Morgan fingerprint density at radius 2 is 1.54 bits per heavy atom. The van der Waals surface area contributed by atoms with Gasteiger partial charge in [0.2, 0.25) is 5.91 Å². The molecule has 0 bridgehead atoms. The maximum absolute atomic E-state index is 12.7. The van der Waals surface area contributed by atoms with Crippen molar-refractivity contribution in [3.8, 4) is 0 Å². The average Bonchev–Trinajstić information content (AvgIpc) is 3.47. The summed E-state index contributed by atoms with van der Waals surface area (Å²) < 4.78 is 0. The molecule has 1 amide bonds. The minimum Gasteiger partial charge on any atom is -0.273 e. The van der Waals surface area contributed by atoms with E-state index < -0.39 is 0 Å². The molecular weight excluding hydrogens is 322 g/mol. The molecule has 4 rings (SSSR count). The lowest BCUT2D eigenvalue weighted by molar-refractivity contribution is -0.122. The van der Waals surface area contributed by atoms with Crippen molar-refractivity contribution in [3.05, 3.63) is 102 Å². The topological polar surface area (TPSA) is 54.4 Å². The quantitative estimate of drug-likeness (QED) is 0.570. The minimum atomic E-state index is -0.265. The number of nitrogens with one attached hydrogen (secondary N) is 1. The molecule has 1 aliphatic rings. The summed E-state index contributed by atoms with van der Waals surface area (Å²) in [6.07, 6.45) is 5.81. The molecule has 1 atom stereocenters. The second-order valence-electron chi connectivity index (χ2n) is 6.47. The number of rotatable bonds is 5. The molecular formula is C22H19N3O. The van der Waals surface area contributed by atoms with Crippen LogP contribution in [0.5, 0.6) is 0 Å². The van der Waals surface area contributed by atoms with Gasteiger partial charge in [0.15, 0.2) is 0 Å². The summed E-state index contributed by atoms with van der Waals surface area (Å²) in [5.41, 5.74) is 5.67. The molecule has 1 fully saturated rings. The number of carbonyl (C=O) groups excluding carboxylic acids is 1. The summed E-state index contributed by atoms with van der Waals surface area (Å²) in [6, 6.07) is 24.2. The van der Waals surface area contributed by atoms with Crippen molar-refractivity contribution in [2.75, 3.05) is 0 Å². The summed E-state index contributed by atoms with van der Waals surface area (Å²) in [6.45, 7) is 0. The van der Waals surface area contributed by atoms with Crippen molar-refractivity contribution < 1.29 is 4.79 Å². The molecule has 1 N–H and O–H groups in total. The zero-order valence-corrected chi connectivity index (χ0v) is 14.2. The van der Waals surface area contributed by atoms with Gasteiger partial charge >= 0.3 is 0 Å². The molecule has 26 heavy (non-hydrogen) atoms. The molecule has 0 saturated heterocycles. The molecule has 1 heterocycles. The van der Waals surface area contributed by atoms with Gasteiger partial charge in [-0.3, -0.25) is 9.78 Å². The predicted molar refractivity (Wildman–Crippen MR) is 102 cm³/mol. The van der Waals surface area contributed by atoms with Crippen LogP contribution in [0.2, 0.25) is 0 Å². The number of pyridine rings is 1. The van der Waals surface area contributed by atoms with E-state index in [0.717, 1.165) is 12.0 Å². The summed E-state index contributed by atoms with van der Waals surface area (Å²) in [4.78, 5) is 16.7. The first-order chi connectivity index (χ1) is 12.8. The molecule has 0 spiro atoms. The monoisotopic (exact) mass is 341 g/mol. The first kappa shape index (κ1) is 16.2. The molecule has 1 saturated carbocycles. The van der Waals surface area contributed by atoms with E-state index in [0.29, 0.717) is 0 Å². The fourth-order valence-corrected chi connectivity index (χ4v) is 3.55. The smallest absolute Gasteiger partial charge is 0.244 e. The van der Waals surface area contributed by atoms with Gasteiger partial charge in [-0.2, -0.15) is 5.10 Å². The minimum absolute atomic E-state index is 0.0528. The SMILES string of the molecule is O=C(N/N=C\c1ccncc1)[C@@H]1CC1(c1ccccc1)c1ccccc1. The van der Waals surface area contributed by atoms with Gasteiger partial charge < -0.3 is 0 Å². The number of amides is 1. The Kier molecular flexibility index (Phi) is 4.32. The van der Waals surface area contributed by atoms with Crippen LogP contribution >= 0.6 is 0 Å². The third kappa shape index (κ3) is 3.02. The van der Waals surface area contributed by atoms with Crippen LogP contribution in [0.25, 0.3) is 0 Å². The molecule has 4 nitrogen and oxygen atoms in total. The van der Waals surface area contributed by atoms with Gasteiger partial charge in [-0.15, -0.1) is 0 Å². The second kappa shape index (κ2) is 6.92. The van der Waals surface area contributed by atoms with E-state index in [2.05, 4.69) is 39.8 Å². The van der Waals surface area contributed by atoms with Gasteiger partial charge in [0.25, 0.3) is 0 Å². The van der Waals surface area contributed by atoms with Crippen LogP contribution in [0, 0.1) is 5.92 Å². The fraction of sp³-hybridized carbons (Fsp3) is 0.136. The molecule has 0 unspecified atom stereocenters. The Balaban J connectivity index is 1.55. The van der Waals surface area contributed by atoms with Crippen molar-refractivity contribution in [3.63, 3.8) is 0 Å². The van der Waals surface area contributed by atoms with Crippen LogP contribution in [0.4, 0.5) is 0 Å². The Morgan fingerprint density at radius 1 is 0.962 bits per heavy atom. The highest BCUT2D eigenvalue weighted by Crippen LogP contribution is 2.58. The highest BCUT2D eigenvalue weighted by atomic mass is 16.2. The molecule has 2 aromatic carbocycles. The number of aromatic nitrogens is 1. The largest absolute Gasteiger partial charge is 0.273 e. The number of hydrogen-bond donors (Lipinski definition) is 1. The summed E-state index contributed by atoms with van der Waals surface area (Å²) in [5, 5.41) is 4.10. The van der Waals surface area contributed by atoms with Crippen LogP contribution in [0.1, 0.15) is 23.1 Å². The molecule has 128 valence electrons. The van der Waals surface area contributed by atoms with Gasteiger partial charge in [-0.25, -0.2) is 5.43 Å². The van der Waals surface area contributed by atoms with Crippen LogP contribution in [-0.2, 0) is 10.2 Å². The number of hydrogen-bond acceptors (Lipinski definition) is 3. The van der Waals surface area contributed by atoms with Crippen molar-refractivity contribution >= 4 is 12.1 Å². The first-order valence-corrected chi connectivity index (χ1v) is 8.65. The van der Waals surface area contributed by atoms with E-state index in [1.165, 1.54) is 11.1 Å². The van der Waals surface area contributed by atoms with Crippen LogP contribution < -0.4 is 5.43 Å². The molecule has 0 radical (unpaired) electrons. The lowest BCUT2D eigenvalue weighted by Gasteiger charge is -2.18. The zero-order valence-electron chi connectivity index (χ0n) is 14.2. The zero-order chi connectivity index (χ0) is 17.8. The highest BCUT2D eigenvalue weighted by Gasteiger charge is 2.60. The Hall–Kier alpha value is -3.27. The van der Waals surface area contributed by atoms with E-state index in [1.54, 1.807) is 18.6 Å². The summed E-state index contributed by atoms with van der Waals surface area (Å²) >= 11 is 0. The normalized spacial score (nSPS) is 17.8. The van der Waals surface area contributed by atoms with Crippen LogP contribution in [-0.4, -0.2) is 17.1 Å². The molecule has 1 aromatic heterocycles. The van der Waals surface area contributed by atoms with Crippen molar-refractivity contribution in [1.82, 2.24) is 10.4 Å². The highest BCUT2D eigenvalue weighted by molar-refractivity contribution is 5.87. The van der Waals surface area contributed by atoms with Gasteiger partial charge in [0.1, 0.15) is 0 Å². The second-order valence-corrected chi connectivity index (χ2v) is 6.47. The van der Waals surface area contributed by atoms with Crippen LogP contribution in [0.15, 0.2) is 90.3 Å². The number of nitrogens with zero attached hydrogens (tertiary/aromatic N) is 2. The first-order valence-electron chi connectivity index (χ1n) is 8.65. The predicted octanol–water partition coefficient (Wildman–Crippen LogP) is 3.54. The number of benzene rings is 2. The maximum atomic E-state index is 12.7. The summed E-state index contributed by atoms with van der Waals surface area (Å²) in [5.74, 6) is -0.176. The Bertz CT molecular complexity index is 868. The number of hydrazone groups is 1. The maximum Gasteiger partial charge on any atom is 0.244 e. The molecule has 0 aliphatic heterocycles. The molecule has 3 aromatic rings. The van der Waals surface area contributed by atoms with Crippen molar-refractivity contribution in [2.24, 2.45) is 11.0 Å². The third-order valence-electron chi connectivity index (χ3n) is 4.95. The molecule has 4 heteroatoms. The molecule has 1 aliphatic carbocycles. The lowest BCUT2D eigenvalue weighted by atomic mass is 9.85. The summed E-state index contributed by atoms with van der Waals surface area (Å²) in [7, 11) is 0.